The maximum atomic E-state index is 15.3. The molecule has 6 heteroatoms. The van der Waals surface area contributed by atoms with Gasteiger partial charge >= 0.3 is 0 Å². The Labute approximate surface area is 140 Å². The van der Waals surface area contributed by atoms with E-state index in [9.17, 15) is 4.79 Å². The Morgan fingerprint density at radius 2 is 2.08 bits per heavy atom. The molecule has 5 nitrogen and oxygen atoms in total. The molecule has 3 rings (SSSR count). The number of carbonyl (C=O) groups is 1. The quantitative estimate of drug-likeness (QED) is 0.627. The number of ether oxygens (including phenoxy) is 3. The first-order chi connectivity index (χ1) is 11.3. The zero-order valence-electron chi connectivity index (χ0n) is 13.9. The lowest BCUT2D eigenvalue weighted by Crippen LogP contribution is -2.76. The molecule has 0 unspecified atom stereocenters. The van der Waals surface area contributed by atoms with Crippen LogP contribution >= 0.6 is 0 Å². The van der Waals surface area contributed by atoms with Crippen LogP contribution < -0.4 is 9.64 Å². The van der Waals surface area contributed by atoms with E-state index in [0.717, 1.165) is 0 Å². The molecule has 0 bridgehead atoms. The van der Waals surface area contributed by atoms with Crippen LogP contribution in [0.1, 0.15) is 20.3 Å². The van der Waals surface area contributed by atoms with E-state index in [2.05, 4.69) is 5.92 Å². The van der Waals surface area contributed by atoms with Crippen LogP contribution in [0.3, 0.4) is 0 Å². The number of rotatable bonds is 4. The molecule has 1 amide bonds. The molecule has 24 heavy (non-hydrogen) atoms. The topological polar surface area (TPSA) is 48.0 Å². The number of halogens is 1. The van der Waals surface area contributed by atoms with Crippen molar-refractivity contribution < 1.29 is 23.4 Å². The van der Waals surface area contributed by atoms with Gasteiger partial charge < -0.3 is 14.2 Å². The van der Waals surface area contributed by atoms with Crippen LogP contribution in [-0.4, -0.2) is 43.2 Å². The molecule has 1 aromatic carbocycles. The second-order valence-electron chi connectivity index (χ2n) is 6.43. The summed E-state index contributed by atoms with van der Waals surface area (Å²) in [5.41, 5.74) is -1.56. The lowest BCUT2D eigenvalue weighted by atomic mass is 9.78. The molecule has 0 N–H and O–H groups in total. The average molecular weight is 333 g/mol. The summed E-state index contributed by atoms with van der Waals surface area (Å²) in [6.45, 7) is 3.71. The molecular weight excluding hydrogens is 313 g/mol. The fourth-order valence-electron chi connectivity index (χ4n) is 3.27. The predicted molar refractivity (Wildman–Crippen MR) is 86.5 cm³/mol. The van der Waals surface area contributed by atoms with Crippen LogP contribution in [0, 0.1) is 12.3 Å². The Morgan fingerprint density at radius 3 is 2.58 bits per heavy atom. The van der Waals surface area contributed by atoms with Gasteiger partial charge in [0.2, 0.25) is 5.67 Å². The Balaban J connectivity index is 1.92. The minimum Gasteiger partial charge on any atom is -0.497 e. The summed E-state index contributed by atoms with van der Waals surface area (Å²) in [5, 5.41) is 0. The summed E-state index contributed by atoms with van der Waals surface area (Å²) in [7, 11) is 1.55. The zero-order valence-corrected chi connectivity index (χ0v) is 13.9. The Hall–Kier alpha value is -2.10. The number of anilines is 1. The second kappa shape index (κ2) is 5.76. The normalized spacial score (nSPS) is 31.5. The molecule has 2 saturated heterocycles. The van der Waals surface area contributed by atoms with Crippen molar-refractivity contribution in [1.82, 2.24) is 0 Å². The van der Waals surface area contributed by atoms with Crippen molar-refractivity contribution in [2.75, 3.05) is 18.6 Å². The van der Waals surface area contributed by atoms with Gasteiger partial charge in [0.05, 0.1) is 20.1 Å². The van der Waals surface area contributed by atoms with Gasteiger partial charge in [-0.2, -0.15) is 0 Å². The first-order valence-corrected chi connectivity index (χ1v) is 7.74. The SMILES string of the molecule is C#CC[C@]1(F)C(=O)N(c2ccc(OC)cc2)[C@H]1[C@H]1COC(C)(C)O1. The number of carbonyl (C=O) groups excluding carboxylic acids is 1. The van der Waals surface area contributed by atoms with Gasteiger partial charge in [0.1, 0.15) is 17.9 Å². The fourth-order valence-corrected chi connectivity index (χ4v) is 3.27. The molecule has 0 saturated carbocycles. The number of hydrogen-bond donors (Lipinski definition) is 0. The highest BCUT2D eigenvalue weighted by Gasteiger charge is 2.66. The van der Waals surface area contributed by atoms with Gasteiger partial charge in [0.25, 0.3) is 5.91 Å². The second-order valence-corrected chi connectivity index (χ2v) is 6.43. The van der Waals surface area contributed by atoms with Gasteiger partial charge in [-0.3, -0.25) is 9.69 Å². The number of terminal acetylenes is 1. The van der Waals surface area contributed by atoms with Crippen molar-refractivity contribution >= 4 is 11.6 Å². The number of hydrogen-bond acceptors (Lipinski definition) is 4. The molecule has 0 spiro atoms. The van der Waals surface area contributed by atoms with E-state index in [-0.39, 0.29) is 13.0 Å². The standard InChI is InChI=1S/C18H20FNO4/c1-5-10-18(19)15(14-11-23-17(2,3)24-14)20(16(18)21)12-6-8-13(22-4)9-7-12/h1,6-9,14-15H,10-11H2,2-4H3/t14-,15+,18-/m1/s1. The number of amides is 1. The third-order valence-electron chi connectivity index (χ3n) is 4.41. The summed E-state index contributed by atoms with van der Waals surface area (Å²) in [4.78, 5) is 13.9. The third kappa shape index (κ3) is 2.54. The smallest absolute Gasteiger partial charge is 0.268 e. The Bertz CT molecular complexity index is 681. The molecule has 0 radical (unpaired) electrons. The molecule has 1 aromatic rings. The van der Waals surface area contributed by atoms with Crippen molar-refractivity contribution in [3.63, 3.8) is 0 Å². The fraction of sp³-hybridized carbons (Fsp3) is 0.500. The van der Waals surface area contributed by atoms with E-state index in [1.807, 2.05) is 0 Å². The lowest BCUT2D eigenvalue weighted by molar-refractivity contribution is -0.163. The van der Waals surface area contributed by atoms with E-state index < -0.39 is 29.5 Å². The van der Waals surface area contributed by atoms with Gasteiger partial charge in [0.15, 0.2) is 5.79 Å². The van der Waals surface area contributed by atoms with Crippen molar-refractivity contribution in [2.24, 2.45) is 0 Å². The number of β-lactam (4-membered cyclic amide) rings is 1. The zero-order chi connectivity index (χ0) is 17.5. The van der Waals surface area contributed by atoms with Crippen LogP contribution in [0.5, 0.6) is 5.75 Å². The third-order valence-corrected chi connectivity index (χ3v) is 4.41. The minimum atomic E-state index is -2.14. The number of alkyl halides is 1. The summed E-state index contributed by atoms with van der Waals surface area (Å²) in [6, 6.07) is 6.03. The molecule has 128 valence electrons. The largest absolute Gasteiger partial charge is 0.497 e. The van der Waals surface area contributed by atoms with Crippen LogP contribution in [-0.2, 0) is 14.3 Å². The van der Waals surface area contributed by atoms with Crippen molar-refractivity contribution in [3.8, 4) is 18.1 Å². The van der Waals surface area contributed by atoms with Crippen molar-refractivity contribution in [1.29, 1.82) is 0 Å². The van der Waals surface area contributed by atoms with Crippen LogP contribution in [0.4, 0.5) is 10.1 Å². The van der Waals surface area contributed by atoms with E-state index >= 15 is 4.39 Å². The summed E-state index contributed by atoms with van der Waals surface area (Å²) >= 11 is 0. The summed E-state index contributed by atoms with van der Waals surface area (Å²) in [5.74, 6) is 1.46. The van der Waals surface area contributed by atoms with E-state index in [1.165, 1.54) is 4.90 Å². The van der Waals surface area contributed by atoms with Crippen LogP contribution in [0.15, 0.2) is 24.3 Å². The Kier molecular flexibility index (Phi) is 4.02. The highest BCUT2D eigenvalue weighted by molar-refractivity contribution is 6.08. The van der Waals surface area contributed by atoms with Crippen LogP contribution in [0.25, 0.3) is 0 Å². The molecule has 0 aliphatic carbocycles. The number of nitrogens with zero attached hydrogens (tertiary/aromatic N) is 1. The minimum absolute atomic E-state index is 0.202. The monoisotopic (exact) mass is 333 g/mol. The highest BCUT2D eigenvalue weighted by Crippen LogP contribution is 2.45. The van der Waals surface area contributed by atoms with Gasteiger partial charge in [-0.15, -0.1) is 12.3 Å². The van der Waals surface area contributed by atoms with Crippen molar-refractivity contribution in [3.05, 3.63) is 24.3 Å². The van der Waals surface area contributed by atoms with E-state index in [0.29, 0.717) is 11.4 Å². The first-order valence-electron chi connectivity index (χ1n) is 7.74. The van der Waals surface area contributed by atoms with Gasteiger partial charge in [-0.1, -0.05) is 0 Å². The van der Waals surface area contributed by atoms with Crippen LogP contribution in [0.2, 0.25) is 0 Å². The molecule has 0 aromatic heterocycles. The van der Waals surface area contributed by atoms with Gasteiger partial charge in [-0.05, 0) is 38.1 Å². The van der Waals surface area contributed by atoms with E-state index in [1.54, 1.807) is 45.2 Å². The first kappa shape index (κ1) is 16.7. The highest BCUT2D eigenvalue weighted by atomic mass is 19.1. The molecule has 3 atom stereocenters. The maximum Gasteiger partial charge on any atom is 0.268 e. The van der Waals surface area contributed by atoms with Crippen molar-refractivity contribution in [2.45, 2.75) is 43.9 Å². The summed E-state index contributed by atoms with van der Waals surface area (Å²) < 4.78 is 31.7. The van der Waals surface area contributed by atoms with Gasteiger partial charge in [0, 0.05) is 5.69 Å². The predicted octanol–water partition coefficient (Wildman–Crippen LogP) is 2.29. The Morgan fingerprint density at radius 1 is 1.42 bits per heavy atom. The molecular formula is C18H20FNO4. The molecule has 2 aliphatic rings. The number of benzene rings is 1. The van der Waals surface area contributed by atoms with E-state index in [4.69, 9.17) is 20.6 Å². The molecule has 2 fully saturated rings. The molecule has 2 aliphatic heterocycles. The molecule has 2 heterocycles. The average Bonchev–Trinajstić information content (AvgIpc) is 2.91. The lowest BCUT2D eigenvalue weighted by Gasteiger charge is -2.52. The number of methoxy groups -OCH3 is 1. The van der Waals surface area contributed by atoms with Gasteiger partial charge in [-0.25, -0.2) is 4.39 Å². The summed E-state index contributed by atoms with van der Waals surface area (Å²) in [6.07, 6.45) is 4.40. The maximum absolute atomic E-state index is 15.3.